The third-order valence-electron chi connectivity index (χ3n) is 2.67. The lowest BCUT2D eigenvalue weighted by atomic mass is 10.3. The Bertz CT molecular complexity index is 817. The van der Waals surface area contributed by atoms with E-state index in [-0.39, 0.29) is 11.7 Å². The summed E-state index contributed by atoms with van der Waals surface area (Å²) in [5.74, 6) is 0.615. The van der Waals surface area contributed by atoms with E-state index < -0.39 is 0 Å². The Morgan fingerprint density at radius 1 is 1.45 bits per heavy atom. The van der Waals surface area contributed by atoms with Crippen molar-refractivity contribution in [2.45, 2.75) is 18.6 Å². The van der Waals surface area contributed by atoms with Crippen LogP contribution in [0, 0.1) is 0 Å². The first kappa shape index (κ1) is 15.4. The van der Waals surface area contributed by atoms with Crippen molar-refractivity contribution in [2.24, 2.45) is 0 Å². The molecule has 0 fully saturated rings. The monoisotopic (exact) mass is 398 g/mol. The molecule has 6 nitrogen and oxygen atoms in total. The number of amides is 1. The lowest BCUT2D eigenvalue weighted by molar-refractivity contribution is -0.113. The van der Waals surface area contributed by atoms with Gasteiger partial charge >= 0.3 is 0 Å². The van der Waals surface area contributed by atoms with Gasteiger partial charge in [-0.25, -0.2) is 4.98 Å². The number of benzene rings is 1. The summed E-state index contributed by atoms with van der Waals surface area (Å²) in [7, 11) is 0. The first-order valence-corrected chi connectivity index (χ1v) is 9.04. The molecule has 0 aliphatic carbocycles. The van der Waals surface area contributed by atoms with Gasteiger partial charge in [0, 0.05) is 10.9 Å². The van der Waals surface area contributed by atoms with Crippen LogP contribution < -0.4 is 5.32 Å². The molecule has 3 rings (SSSR count). The second-order valence-electron chi connectivity index (χ2n) is 4.28. The summed E-state index contributed by atoms with van der Waals surface area (Å²) in [6.07, 6.45) is 0.682. The van der Waals surface area contributed by atoms with Gasteiger partial charge in [0.1, 0.15) is 0 Å². The van der Waals surface area contributed by atoms with Crippen LogP contribution in [0.1, 0.15) is 12.8 Å². The van der Waals surface area contributed by atoms with Crippen molar-refractivity contribution in [1.82, 2.24) is 15.2 Å². The summed E-state index contributed by atoms with van der Waals surface area (Å²) in [5, 5.41) is 11.5. The number of aromatic nitrogens is 3. The van der Waals surface area contributed by atoms with Crippen LogP contribution in [0.4, 0.5) is 5.13 Å². The topological polar surface area (TPSA) is 80.9 Å². The summed E-state index contributed by atoms with van der Waals surface area (Å²) in [6.45, 7) is 1.93. The predicted octanol–water partition coefficient (Wildman–Crippen LogP) is 3.74. The van der Waals surface area contributed by atoms with Crippen molar-refractivity contribution in [3.05, 3.63) is 28.6 Å². The van der Waals surface area contributed by atoms with E-state index in [1.807, 2.05) is 25.1 Å². The SMILES string of the molecule is CCc1nnc(SCC(=O)Nc2nc3ccc(Br)cc3s2)o1. The maximum atomic E-state index is 11.9. The molecule has 22 heavy (non-hydrogen) atoms. The third-order valence-corrected chi connectivity index (χ3v) is 4.92. The molecule has 114 valence electrons. The zero-order chi connectivity index (χ0) is 15.5. The summed E-state index contributed by atoms with van der Waals surface area (Å²) in [4.78, 5) is 16.3. The van der Waals surface area contributed by atoms with Gasteiger partial charge in [0.15, 0.2) is 5.13 Å². The molecule has 0 saturated heterocycles. The molecule has 1 aromatic carbocycles. The number of aryl methyl sites for hydroxylation is 1. The Morgan fingerprint density at radius 2 is 2.32 bits per heavy atom. The summed E-state index contributed by atoms with van der Waals surface area (Å²) in [5.41, 5.74) is 0.862. The summed E-state index contributed by atoms with van der Waals surface area (Å²) >= 11 is 6.06. The fourth-order valence-corrected chi connectivity index (χ4v) is 3.69. The number of halogens is 1. The molecule has 0 unspecified atom stereocenters. The minimum absolute atomic E-state index is 0.153. The molecule has 3 aromatic rings. The highest BCUT2D eigenvalue weighted by Crippen LogP contribution is 2.28. The van der Waals surface area contributed by atoms with Crippen LogP contribution >= 0.6 is 39.0 Å². The van der Waals surface area contributed by atoms with Crippen molar-refractivity contribution in [2.75, 3.05) is 11.1 Å². The quantitative estimate of drug-likeness (QED) is 0.659. The Hall–Kier alpha value is -1.45. The van der Waals surface area contributed by atoms with Crippen LogP contribution in [0.2, 0.25) is 0 Å². The number of nitrogens with one attached hydrogen (secondary N) is 1. The second kappa shape index (κ2) is 6.76. The normalized spacial score (nSPS) is 11.0. The summed E-state index contributed by atoms with van der Waals surface area (Å²) < 4.78 is 7.34. The van der Waals surface area contributed by atoms with Crippen LogP contribution in [-0.2, 0) is 11.2 Å². The minimum Gasteiger partial charge on any atom is -0.416 e. The fourth-order valence-electron chi connectivity index (χ4n) is 1.67. The molecule has 2 heterocycles. The Kier molecular flexibility index (Phi) is 4.74. The third kappa shape index (κ3) is 3.65. The van der Waals surface area contributed by atoms with Gasteiger partial charge in [-0.1, -0.05) is 46.0 Å². The lowest BCUT2D eigenvalue weighted by Gasteiger charge is -1.98. The van der Waals surface area contributed by atoms with Crippen molar-refractivity contribution in [3.63, 3.8) is 0 Å². The standard InChI is InChI=1S/C13H11BrN4O2S2/c1-2-11-17-18-13(20-11)21-6-10(19)16-12-15-8-4-3-7(14)5-9(8)22-12/h3-5H,2,6H2,1H3,(H,15,16,19). The fraction of sp³-hybridized carbons (Fsp3) is 0.231. The van der Waals surface area contributed by atoms with E-state index in [1.54, 1.807) is 0 Å². The number of fused-ring (bicyclic) bond motifs is 1. The molecule has 9 heteroatoms. The van der Waals surface area contributed by atoms with Crippen molar-refractivity contribution in [1.29, 1.82) is 0 Å². The second-order valence-corrected chi connectivity index (χ2v) is 7.16. The molecule has 0 saturated carbocycles. The van der Waals surface area contributed by atoms with Gasteiger partial charge in [0.2, 0.25) is 11.8 Å². The first-order valence-electron chi connectivity index (χ1n) is 6.45. The number of hydrogen-bond acceptors (Lipinski definition) is 7. The van der Waals surface area contributed by atoms with Crippen LogP contribution in [0.3, 0.4) is 0 Å². The van der Waals surface area contributed by atoms with Gasteiger partial charge in [-0.2, -0.15) is 0 Å². The van der Waals surface area contributed by atoms with Crippen molar-refractivity contribution >= 4 is 60.3 Å². The molecule has 0 radical (unpaired) electrons. The molecule has 0 spiro atoms. The van der Waals surface area contributed by atoms with Crippen LogP contribution in [0.25, 0.3) is 10.2 Å². The van der Waals surface area contributed by atoms with Gasteiger partial charge in [-0.3, -0.25) is 4.79 Å². The largest absolute Gasteiger partial charge is 0.416 e. The predicted molar refractivity (Wildman–Crippen MR) is 90.3 cm³/mol. The number of nitrogens with zero attached hydrogens (tertiary/aromatic N) is 3. The minimum atomic E-state index is -0.153. The number of thioether (sulfide) groups is 1. The lowest BCUT2D eigenvalue weighted by Crippen LogP contribution is -2.13. The first-order chi connectivity index (χ1) is 10.6. The number of carbonyl (C=O) groups excluding carboxylic acids is 1. The molecule has 0 aliphatic rings. The van der Waals surface area contributed by atoms with E-state index in [2.05, 4.69) is 36.4 Å². The van der Waals surface area contributed by atoms with Gasteiger partial charge < -0.3 is 9.73 Å². The molecule has 0 atom stereocenters. The van der Waals surface area contributed by atoms with Crippen LogP contribution in [-0.4, -0.2) is 26.8 Å². The number of carbonyl (C=O) groups is 1. The van der Waals surface area contributed by atoms with Crippen LogP contribution in [0.5, 0.6) is 0 Å². The van der Waals surface area contributed by atoms with Gasteiger partial charge in [-0.15, -0.1) is 10.2 Å². The average molecular weight is 399 g/mol. The van der Waals surface area contributed by atoms with Gasteiger partial charge in [0.05, 0.1) is 16.0 Å². The van der Waals surface area contributed by atoms with E-state index in [4.69, 9.17) is 4.42 Å². The van der Waals surface area contributed by atoms with Gasteiger partial charge in [0.25, 0.3) is 5.22 Å². The Morgan fingerprint density at radius 3 is 3.09 bits per heavy atom. The molecular formula is C13H11BrN4O2S2. The average Bonchev–Trinajstić information content (AvgIpc) is 3.10. The molecule has 2 aromatic heterocycles. The van der Waals surface area contributed by atoms with E-state index in [0.717, 1.165) is 14.7 Å². The molecule has 1 N–H and O–H groups in total. The highest BCUT2D eigenvalue weighted by Gasteiger charge is 2.11. The van der Waals surface area contributed by atoms with Crippen LogP contribution in [0.15, 0.2) is 32.3 Å². The number of rotatable bonds is 5. The van der Waals surface area contributed by atoms with E-state index in [1.165, 1.54) is 23.1 Å². The number of thiazole rings is 1. The molecular weight excluding hydrogens is 388 g/mol. The number of hydrogen-bond donors (Lipinski definition) is 1. The zero-order valence-corrected chi connectivity index (χ0v) is 14.7. The van der Waals surface area contributed by atoms with Crippen molar-refractivity contribution < 1.29 is 9.21 Å². The van der Waals surface area contributed by atoms with Crippen molar-refractivity contribution in [3.8, 4) is 0 Å². The molecule has 1 amide bonds. The zero-order valence-electron chi connectivity index (χ0n) is 11.5. The molecule has 0 bridgehead atoms. The Balaban J connectivity index is 1.60. The highest BCUT2D eigenvalue weighted by atomic mass is 79.9. The van der Waals surface area contributed by atoms with E-state index in [9.17, 15) is 4.79 Å². The van der Waals surface area contributed by atoms with Gasteiger partial charge in [-0.05, 0) is 18.2 Å². The molecule has 0 aliphatic heterocycles. The smallest absolute Gasteiger partial charge is 0.277 e. The maximum Gasteiger partial charge on any atom is 0.277 e. The number of anilines is 1. The maximum absolute atomic E-state index is 11.9. The highest BCUT2D eigenvalue weighted by molar-refractivity contribution is 9.10. The Labute approximate surface area is 142 Å². The van der Waals surface area contributed by atoms with E-state index >= 15 is 0 Å². The van der Waals surface area contributed by atoms with E-state index in [0.29, 0.717) is 22.7 Å². The summed E-state index contributed by atoms with van der Waals surface area (Å²) in [6, 6.07) is 5.80.